The van der Waals surface area contributed by atoms with Gasteiger partial charge in [-0.05, 0) is 52.4 Å². The number of aliphatic hydroxyl groups is 1. The number of benzene rings is 1. The summed E-state index contributed by atoms with van der Waals surface area (Å²) < 4.78 is 6.15. The van der Waals surface area contributed by atoms with Crippen molar-refractivity contribution in [3.63, 3.8) is 0 Å². The molecule has 15 heavy (non-hydrogen) atoms. The first-order valence-electron chi connectivity index (χ1n) is 5.10. The molecule has 0 aliphatic carbocycles. The van der Waals surface area contributed by atoms with Gasteiger partial charge in [0.1, 0.15) is 5.75 Å². The summed E-state index contributed by atoms with van der Waals surface area (Å²) in [4.78, 5) is 0. The molecule has 84 valence electrons. The Morgan fingerprint density at radius 2 is 2.20 bits per heavy atom. The van der Waals surface area contributed by atoms with Gasteiger partial charge in [0.2, 0.25) is 0 Å². The zero-order valence-electron chi connectivity index (χ0n) is 9.16. The third kappa shape index (κ3) is 3.84. The van der Waals surface area contributed by atoms with E-state index in [9.17, 15) is 0 Å². The first-order valence-corrected chi connectivity index (χ1v) is 5.90. The van der Waals surface area contributed by atoms with Crippen molar-refractivity contribution in [1.29, 1.82) is 0 Å². The zero-order chi connectivity index (χ0) is 11.3. The number of rotatable bonds is 5. The van der Waals surface area contributed by atoms with Crippen LogP contribution in [-0.2, 0) is 6.42 Å². The second kappa shape index (κ2) is 6.13. The maximum atomic E-state index is 8.92. The van der Waals surface area contributed by atoms with Crippen molar-refractivity contribution in [3.8, 4) is 5.75 Å². The van der Waals surface area contributed by atoms with E-state index in [2.05, 4.69) is 35.0 Å². The highest BCUT2D eigenvalue weighted by molar-refractivity contribution is 9.10. The third-order valence-electron chi connectivity index (χ3n) is 2.45. The molecule has 1 rings (SSSR count). The average molecular weight is 273 g/mol. The Balaban J connectivity index is 2.59. The smallest absolute Gasteiger partial charge is 0.133 e. The Bertz CT molecular complexity index is 312. The number of ether oxygens (including phenoxy) is 1. The molecule has 0 bridgehead atoms. The van der Waals surface area contributed by atoms with E-state index in [1.807, 2.05) is 6.07 Å². The number of methoxy groups -OCH3 is 1. The van der Waals surface area contributed by atoms with Crippen molar-refractivity contribution >= 4 is 15.9 Å². The standard InChI is InChI=1S/C12H17BrO2/c1-9(8-14)3-4-10-5-6-12(15-2)11(13)7-10/h5-7,9,14H,3-4,8H2,1-2H3. The summed E-state index contributed by atoms with van der Waals surface area (Å²) in [5, 5.41) is 8.92. The minimum Gasteiger partial charge on any atom is -0.496 e. The fourth-order valence-corrected chi connectivity index (χ4v) is 1.96. The summed E-state index contributed by atoms with van der Waals surface area (Å²) in [6.45, 7) is 2.32. The van der Waals surface area contributed by atoms with Crippen LogP contribution in [0.15, 0.2) is 22.7 Å². The third-order valence-corrected chi connectivity index (χ3v) is 3.07. The van der Waals surface area contributed by atoms with E-state index in [0.29, 0.717) is 5.92 Å². The van der Waals surface area contributed by atoms with Gasteiger partial charge in [-0.1, -0.05) is 13.0 Å². The zero-order valence-corrected chi connectivity index (χ0v) is 10.8. The molecule has 3 heteroatoms. The first-order chi connectivity index (χ1) is 7.17. The lowest BCUT2D eigenvalue weighted by Gasteiger charge is -2.09. The monoisotopic (exact) mass is 272 g/mol. The molecule has 0 heterocycles. The molecule has 0 aliphatic rings. The lowest BCUT2D eigenvalue weighted by atomic mass is 10.0. The van der Waals surface area contributed by atoms with Gasteiger partial charge in [0.15, 0.2) is 0 Å². The predicted molar refractivity (Wildman–Crippen MR) is 65.3 cm³/mol. The molecule has 0 aromatic heterocycles. The molecule has 1 atom stereocenters. The fourth-order valence-electron chi connectivity index (χ4n) is 1.37. The van der Waals surface area contributed by atoms with Gasteiger partial charge in [0, 0.05) is 6.61 Å². The molecule has 2 nitrogen and oxygen atoms in total. The van der Waals surface area contributed by atoms with Crippen LogP contribution in [0.1, 0.15) is 18.9 Å². The highest BCUT2D eigenvalue weighted by Crippen LogP contribution is 2.26. The molecular weight excluding hydrogens is 256 g/mol. The van der Waals surface area contributed by atoms with Gasteiger partial charge in [-0.15, -0.1) is 0 Å². The molecule has 0 radical (unpaired) electrons. The summed E-state index contributed by atoms with van der Waals surface area (Å²) in [6, 6.07) is 6.10. The van der Waals surface area contributed by atoms with Crippen molar-refractivity contribution in [2.75, 3.05) is 13.7 Å². The van der Waals surface area contributed by atoms with E-state index in [0.717, 1.165) is 23.1 Å². The summed E-state index contributed by atoms with van der Waals surface area (Å²) in [7, 11) is 1.66. The maximum absolute atomic E-state index is 8.92. The van der Waals surface area contributed by atoms with Crippen molar-refractivity contribution < 1.29 is 9.84 Å². The van der Waals surface area contributed by atoms with Gasteiger partial charge in [0.25, 0.3) is 0 Å². The molecule has 0 saturated heterocycles. The quantitative estimate of drug-likeness (QED) is 0.893. The van der Waals surface area contributed by atoms with Crippen LogP contribution in [0.3, 0.4) is 0 Å². The van der Waals surface area contributed by atoms with Crippen LogP contribution in [0, 0.1) is 5.92 Å². The highest BCUT2D eigenvalue weighted by atomic mass is 79.9. The second-order valence-corrected chi connectivity index (χ2v) is 4.65. The Morgan fingerprint density at radius 1 is 1.47 bits per heavy atom. The summed E-state index contributed by atoms with van der Waals surface area (Å²) >= 11 is 3.46. The maximum Gasteiger partial charge on any atom is 0.133 e. The van der Waals surface area contributed by atoms with Crippen molar-refractivity contribution in [3.05, 3.63) is 28.2 Å². The number of aliphatic hydroxyl groups excluding tert-OH is 1. The second-order valence-electron chi connectivity index (χ2n) is 3.80. The number of halogens is 1. The Labute approximate surface area is 99.4 Å². The van der Waals surface area contributed by atoms with Crippen molar-refractivity contribution in [2.24, 2.45) is 5.92 Å². The van der Waals surface area contributed by atoms with E-state index in [1.54, 1.807) is 7.11 Å². The minimum atomic E-state index is 0.261. The van der Waals surface area contributed by atoms with E-state index in [1.165, 1.54) is 5.56 Å². The molecule has 1 unspecified atom stereocenters. The highest BCUT2D eigenvalue weighted by Gasteiger charge is 2.04. The van der Waals surface area contributed by atoms with Crippen LogP contribution in [0.5, 0.6) is 5.75 Å². The van der Waals surface area contributed by atoms with Crippen LogP contribution in [0.25, 0.3) is 0 Å². The summed E-state index contributed by atoms with van der Waals surface area (Å²) in [5.41, 5.74) is 1.27. The van der Waals surface area contributed by atoms with Crippen LogP contribution in [0.2, 0.25) is 0 Å². The molecular formula is C12H17BrO2. The lowest BCUT2D eigenvalue weighted by molar-refractivity contribution is 0.230. The average Bonchev–Trinajstić information content (AvgIpc) is 2.26. The van der Waals surface area contributed by atoms with E-state index < -0.39 is 0 Å². The summed E-state index contributed by atoms with van der Waals surface area (Å²) in [6.07, 6.45) is 2.00. The molecule has 1 N–H and O–H groups in total. The van der Waals surface area contributed by atoms with Gasteiger partial charge >= 0.3 is 0 Å². The summed E-state index contributed by atoms with van der Waals surface area (Å²) in [5.74, 6) is 1.22. The molecule has 1 aromatic carbocycles. The molecule has 0 amide bonds. The van der Waals surface area contributed by atoms with Gasteiger partial charge in [-0.25, -0.2) is 0 Å². The molecule has 1 aromatic rings. The van der Waals surface area contributed by atoms with Gasteiger partial charge < -0.3 is 9.84 Å². The topological polar surface area (TPSA) is 29.5 Å². The number of aryl methyl sites for hydroxylation is 1. The van der Waals surface area contributed by atoms with E-state index in [-0.39, 0.29) is 6.61 Å². The van der Waals surface area contributed by atoms with E-state index >= 15 is 0 Å². The van der Waals surface area contributed by atoms with Gasteiger partial charge in [-0.3, -0.25) is 0 Å². The molecule has 0 spiro atoms. The van der Waals surface area contributed by atoms with Crippen LogP contribution in [-0.4, -0.2) is 18.8 Å². The van der Waals surface area contributed by atoms with Crippen LogP contribution >= 0.6 is 15.9 Å². The Kier molecular flexibility index (Phi) is 5.12. The SMILES string of the molecule is COc1ccc(CCC(C)CO)cc1Br. The van der Waals surface area contributed by atoms with Crippen molar-refractivity contribution in [2.45, 2.75) is 19.8 Å². The Morgan fingerprint density at radius 3 is 2.73 bits per heavy atom. The Hall–Kier alpha value is -0.540. The predicted octanol–water partition coefficient (Wildman–Crippen LogP) is 3.02. The minimum absolute atomic E-state index is 0.261. The van der Waals surface area contributed by atoms with E-state index in [4.69, 9.17) is 9.84 Å². The largest absolute Gasteiger partial charge is 0.496 e. The number of hydrogen-bond donors (Lipinski definition) is 1. The van der Waals surface area contributed by atoms with Gasteiger partial charge in [0.05, 0.1) is 11.6 Å². The van der Waals surface area contributed by atoms with Crippen molar-refractivity contribution in [1.82, 2.24) is 0 Å². The lowest BCUT2D eigenvalue weighted by Crippen LogP contribution is -2.02. The molecule has 0 saturated carbocycles. The first kappa shape index (κ1) is 12.5. The van der Waals surface area contributed by atoms with Gasteiger partial charge in [-0.2, -0.15) is 0 Å². The number of hydrogen-bond acceptors (Lipinski definition) is 2. The molecule has 0 aliphatic heterocycles. The van der Waals surface area contributed by atoms with Crippen LogP contribution in [0.4, 0.5) is 0 Å². The molecule has 0 fully saturated rings. The normalized spacial score (nSPS) is 12.5. The fraction of sp³-hybridized carbons (Fsp3) is 0.500. The van der Waals surface area contributed by atoms with Crippen LogP contribution < -0.4 is 4.74 Å².